The minimum Gasteiger partial charge on any atom is -0.497 e. The highest BCUT2D eigenvalue weighted by molar-refractivity contribution is 8.76. The van der Waals surface area contributed by atoms with Crippen LogP contribution in [0.25, 0.3) is 0 Å². The molecular weight excluding hydrogens is 605 g/mol. The van der Waals surface area contributed by atoms with Gasteiger partial charge in [-0.25, -0.2) is 16.8 Å². The Labute approximate surface area is 242 Å². The van der Waals surface area contributed by atoms with Crippen LogP contribution in [0.2, 0.25) is 0 Å². The van der Waals surface area contributed by atoms with Crippen LogP contribution in [0.1, 0.15) is 0 Å². The number of methoxy groups -OCH3 is 4. The molecule has 2 atom stereocenters. The van der Waals surface area contributed by atoms with E-state index in [1.54, 1.807) is 0 Å². The predicted molar refractivity (Wildman–Crippen MR) is 152 cm³/mol. The van der Waals surface area contributed by atoms with E-state index in [2.05, 4.69) is 0 Å². The van der Waals surface area contributed by atoms with Gasteiger partial charge in [0.05, 0.1) is 38.2 Å². The fraction of sp³-hybridized carbons (Fsp3) is 0.417. The van der Waals surface area contributed by atoms with Crippen LogP contribution >= 0.6 is 21.6 Å². The summed E-state index contributed by atoms with van der Waals surface area (Å²) >= 11 is 0. The molecule has 2 aromatic rings. The molecule has 2 aromatic carbocycles. The molecule has 0 aliphatic rings. The molecule has 0 N–H and O–H groups in total. The smallest absolute Gasteiger partial charge is 0.325 e. The van der Waals surface area contributed by atoms with Crippen molar-refractivity contribution in [1.29, 1.82) is 0 Å². The van der Waals surface area contributed by atoms with Crippen molar-refractivity contribution in [2.24, 2.45) is 0 Å². The molecule has 222 valence electrons. The van der Waals surface area contributed by atoms with Crippen molar-refractivity contribution in [2.45, 2.75) is 21.9 Å². The summed E-state index contributed by atoms with van der Waals surface area (Å²) in [6.07, 6.45) is 0. The van der Waals surface area contributed by atoms with Gasteiger partial charge in [-0.15, -0.1) is 0 Å². The first kappa shape index (κ1) is 33.7. The number of carbonyl (C=O) groups is 2. The maximum atomic E-state index is 13.2. The van der Waals surface area contributed by atoms with Crippen LogP contribution in [-0.2, 0) is 39.1 Å². The highest BCUT2D eigenvalue weighted by atomic mass is 33.1. The Balaban J connectivity index is 2.16. The van der Waals surface area contributed by atoms with E-state index < -0.39 is 44.1 Å². The summed E-state index contributed by atoms with van der Waals surface area (Å²) in [5, 5.41) is 0. The first-order chi connectivity index (χ1) is 18.8. The molecule has 0 amide bonds. The second-order valence-corrected chi connectivity index (χ2v) is 14.6. The van der Waals surface area contributed by atoms with Crippen molar-refractivity contribution in [1.82, 2.24) is 8.61 Å². The van der Waals surface area contributed by atoms with Crippen LogP contribution < -0.4 is 9.47 Å². The second-order valence-electron chi connectivity index (χ2n) is 8.04. The molecule has 16 heteroatoms. The van der Waals surface area contributed by atoms with E-state index in [-0.39, 0.29) is 21.3 Å². The van der Waals surface area contributed by atoms with Crippen molar-refractivity contribution >= 4 is 53.6 Å². The number of hydrogen-bond acceptors (Lipinski definition) is 12. The average Bonchev–Trinajstić information content (AvgIpc) is 2.97. The Morgan fingerprint density at radius 2 is 0.950 bits per heavy atom. The molecule has 0 unspecified atom stereocenters. The number of sulfonamides is 2. The Morgan fingerprint density at radius 1 is 0.650 bits per heavy atom. The lowest BCUT2D eigenvalue weighted by molar-refractivity contribution is -0.144. The van der Waals surface area contributed by atoms with E-state index in [9.17, 15) is 26.4 Å². The molecule has 0 saturated heterocycles. The molecule has 0 spiro atoms. The molecule has 0 bridgehead atoms. The molecule has 0 fully saturated rings. The van der Waals surface area contributed by atoms with Gasteiger partial charge in [-0.2, -0.15) is 8.61 Å². The van der Waals surface area contributed by atoms with Crippen LogP contribution in [0.5, 0.6) is 11.5 Å². The van der Waals surface area contributed by atoms with Crippen LogP contribution in [-0.4, -0.2) is 104 Å². The maximum Gasteiger partial charge on any atom is 0.325 e. The third-order valence-electron chi connectivity index (χ3n) is 5.83. The maximum absolute atomic E-state index is 13.2. The van der Waals surface area contributed by atoms with Gasteiger partial charge >= 0.3 is 11.9 Å². The molecule has 0 radical (unpaired) electrons. The van der Waals surface area contributed by atoms with Crippen molar-refractivity contribution in [3.8, 4) is 11.5 Å². The summed E-state index contributed by atoms with van der Waals surface area (Å²) in [5.74, 6) is -0.722. The fourth-order valence-corrected chi connectivity index (χ4v) is 8.63. The number of carbonyl (C=O) groups excluding carboxylic acids is 2. The number of hydrogen-bond donors (Lipinski definition) is 0. The Hall–Kier alpha value is -2.50. The summed E-state index contributed by atoms with van der Waals surface area (Å²) in [7, 11) is 1.74. The van der Waals surface area contributed by atoms with Gasteiger partial charge in [0.15, 0.2) is 0 Å². The topological polar surface area (TPSA) is 146 Å². The first-order valence-electron chi connectivity index (χ1n) is 11.5. The normalized spacial score (nSPS) is 13.5. The summed E-state index contributed by atoms with van der Waals surface area (Å²) < 4.78 is 74.2. The summed E-state index contributed by atoms with van der Waals surface area (Å²) in [4.78, 5) is 24.9. The molecular formula is C24H32N2O10S4. The second kappa shape index (κ2) is 14.9. The molecule has 0 saturated carbocycles. The summed E-state index contributed by atoms with van der Waals surface area (Å²) in [5.41, 5.74) is 0. The zero-order valence-corrected chi connectivity index (χ0v) is 26.1. The van der Waals surface area contributed by atoms with Crippen molar-refractivity contribution < 1.29 is 45.4 Å². The number of nitrogens with zero attached hydrogens (tertiary/aromatic N) is 2. The number of benzene rings is 2. The van der Waals surface area contributed by atoms with Gasteiger partial charge in [-0.05, 0) is 48.5 Å². The number of ether oxygens (including phenoxy) is 4. The van der Waals surface area contributed by atoms with E-state index in [1.807, 2.05) is 0 Å². The van der Waals surface area contributed by atoms with E-state index >= 15 is 0 Å². The predicted octanol–water partition coefficient (Wildman–Crippen LogP) is 2.11. The number of likely N-dealkylation sites (N-methyl/N-ethyl adjacent to an activating group) is 2. The third-order valence-corrected chi connectivity index (χ3v) is 12.0. The molecule has 0 heterocycles. The highest BCUT2D eigenvalue weighted by Crippen LogP contribution is 2.30. The first-order valence-corrected chi connectivity index (χ1v) is 16.9. The van der Waals surface area contributed by atoms with E-state index in [1.165, 1.54) is 76.8 Å². The van der Waals surface area contributed by atoms with Crippen LogP contribution in [0, 0.1) is 0 Å². The summed E-state index contributed by atoms with van der Waals surface area (Å²) in [6, 6.07) is 9.00. The van der Waals surface area contributed by atoms with E-state index in [4.69, 9.17) is 18.9 Å². The lowest BCUT2D eigenvalue weighted by Gasteiger charge is -2.26. The van der Waals surface area contributed by atoms with Gasteiger partial charge in [0.1, 0.15) is 23.6 Å². The van der Waals surface area contributed by atoms with Gasteiger partial charge in [0, 0.05) is 25.6 Å². The van der Waals surface area contributed by atoms with E-state index in [0.717, 1.165) is 44.4 Å². The van der Waals surface area contributed by atoms with Gasteiger partial charge in [0.25, 0.3) is 0 Å². The third kappa shape index (κ3) is 8.04. The van der Waals surface area contributed by atoms with Gasteiger partial charge in [-0.3, -0.25) is 9.59 Å². The van der Waals surface area contributed by atoms with Crippen LogP contribution in [0.4, 0.5) is 0 Å². The Morgan fingerprint density at radius 3 is 1.20 bits per heavy atom. The standard InChI is InChI=1S/C24H32N2O10S4/c1-25(39(29,30)19-11-7-17(33-3)8-12-19)21(23(27)35-5)15-37-38-16-22(24(28)36-6)26(2)40(31,32)20-13-9-18(34-4)10-14-20/h7-14,21-22H,15-16H2,1-6H3/t21-,22-/m0/s1. The Bertz CT molecular complexity index is 1250. The quantitative estimate of drug-likeness (QED) is 0.160. The van der Waals surface area contributed by atoms with Crippen LogP contribution in [0.15, 0.2) is 58.3 Å². The molecule has 40 heavy (non-hydrogen) atoms. The van der Waals surface area contributed by atoms with Gasteiger partial charge < -0.3 is 18.9 Å². The zero-order chi connectivity index (χ0) is 30.1. The highest BCUT2D eigenvalue weighted by Gasteiger charge is 2.36. The number of rotatable bonds is 15. The molecule has 0 aromatic heterocycles. The lowest BCUT2D eigenvalue weighted by Crippen LogP contribution is -2.45. The van der Waals surface area contributed by atoms with Gasteiger partial charge in [0.2, 0.25) is 20.0 Å². The Kier molecular flexibility index (Phi) is 12.6. The summed E-state index contributed by atoms with van der Waals surface area (Å²) in [6.45, 7) is 0. The van der Waals surface area contributed by atoms with E-state index in [0.29, 0.717) is 11.5 Å². The number of esters is 2. The van der Waals surface area contributed by atoms with Crippen molar-refractivity contribution in [3.63, 3.8) is 0 Å². The minimum absolute atomic E-state index is 0.0431. The fourth-order valence-electron chi connectivity index (χ4n) is 3.30. The van der Waals surface area contributed by atoms with Crippen molar-refractivity contribution in [2.75, 3.05) is 54.0 Å². The molecule has 2 rings (SSSR count). The van der Waals surface area contributed by atoms with Crippen molar-refractivity contribution in [3.05, 3.63) is 48.5 Å². The minimum atomic E-state index is -4.07. The SMILES string of the molecule is COC(=O)[C@H](CSSC[C@@H](C(=O)OC)N(C)S(=O)(=O)c1ccc(OC)cc1)N(C)S(=O)(=O)c1ccc(OC)cc1. The lowest BCUT2D eigenvalue weighted by atomic mass is 10.3. The largest absolute Gasteiger partial charge is 0.497 e. The average molecular weight is 637 g/mol. The van der Waals surface area contributed by atoms with Gasteiger partial charge in [-0.1, -0.05) is 21.6 Å². The van der Waals surface area contributed by atoms with Crippen LogP contribution in [0.3, 0.4) is 0 Å². The molecule has 0 aliphatic heterocycles. The zero-order valence-electron chi connectivity index (χ0n) is 22.8. The monoisotopic (exact) mass is 636 g/mol. The molecule has 0 aliphatic carbocycles. The molecule has 12 nitrogen and oxygen atoms in total.